The Morgan fingerprint density at radius 3 is 2.28 bits per heavy atom. The van der Waals surface area contributed by atoms with Crippen LogP contribution in [0.4, 0.5) is 4.79 Å². The number of carbonyl (C=O) groups is 2. The normalized spacial score (nSPS) is 29.5. The highest BCUT2D eigenvalue weighted by molar-refractivity contribution is 6.30. The first-order chi connectivity index (χ1) is 18.6. The van der Waals surface area contributed by atoms with Gasteiger partial charge in [-0.2, -0.15) is 0 Å². The zero-order chi connectivity index (χ0) is 27.8. The minimum atomic E-state index is -0.275. The number of hydrogen-bond donors (Lipinski definition) is 0. The number of cyclic esters (lactones) is 1. The molecule has 2 saturated heterocycles. The molecule has 216 valence electrons. The highest BCUT2D eigenvalue weighted by Crippen LogP contribution is 2.49. The molecule has 2 aliphatic heterocycles. The Kier molecular flexibility index (Phi) is 8.54. The van der Waals surface area contributed by atoms with Gasteiger partial charge in [-0.15, -0.1) is 0 Å². The van der Waals surface area contributed by atoms with E-state index in [1.165, 1.54) is 37.7 Å². The average molecular weight is 558 g/mol. The van der Waals surface area contributed by atoms with Crippen molar-refractivity contribution in [2.75, 3.05) is 40.3 Å². The van der Waals surface area contributed by atoms with E-state index in [4.69, 9.17) is 16.3 Å². The van der Waals surface area contributed by atoms with Crippen molar-refractivity contribution in [1.82, 2.24) is 14.7 Å². The van der Waals surface area contributed by atoms with Crippen LogP contribution in [0.25, 0.3) is 0 Å². The number of halogens is 1. The third-order valence-corrected chi connectivity index (χ3v) is 10.9. The second-order valence-electron chi connectivity index (χ2n) is 13.7. The monoisotopic (exact) mass is 557 g/mol. The number of nitrogens with zero attached hydrogens (tertiary/aromatic N) is 3. The van der Waals surface area contributed by atoms with Crippen molar-refractivity contribution in [2.24, 2.45) is 17.3 Å². The van der Waals surface area contributed by atoms with E-state index in [9.17, 15) is 9.59 Å². The summed E-state index contributed by atoms with van der Waals surface area (Å²) in [5, 5.41) is 0.738. The molecule has 5 rings (SSSR count). The maximum absolute atomic E-state index is 14.2. The summed E-state index contributed by atoms with van der Waals surface area (Å²) in [5.74, 6) is 1.16. The van der Waals surface area contributed by atoms with Gasteiger partial charge in [0.1, 0.15) is 6.61 Å². The van der Waals surface area contributed by atoms with Crippen LogP contribution in [0.3, 0.4) is 0 Å². The average Bonchev–Trinajstić information content (AvgIpc) is 3.20. The van der Waals surface area contributed by atoms with Crippen LogP contribution in [0.2, 0.25) is 5.02 Å². The van der Waals surface area contributed by atoms with Crippen molar-refractivity contribution in [2.45, 2.75) is 95.6 Å². The highest BCUT2D eigenvalue weighted by Gasteiger charge is 2.50. The summed E-state index contributed by atoms with van der Waals surface area (Å²) in [6.45, 7) is 7.03. The molecule has 7 heteroatoms. The molecule has 0 bridgehead atoms. The molecule has 6 nitrogen and oxygen atoms in total. The zero-order valence-electron chi connectivity index (χ0n) is 24.5. The molecule has 0 N–H and O–H groups in total. The number of carbonyl (C=O) groups excluding carboxylic acids is 2. The molecule has 1 aromatic rings. The molecule has 3 atom stereocenters. The largest absolute Gasteiger partial charge is 0.447 e. The fraction of sp³-hybridized carbons (Fsp3) is 0.750. The Labute approximate surface area is 240 Å². The molecule has 4 aliphatic rings. The van der Waals surface area contributed by atoms with E-state index in [1.54, 1.807) is 0 Å². The number of rotatable bonds is 6. The number of likely N-dealkylation sites (tertiary alicyclic amines) is 1. The number of amides is 2. The van der Waals surface area contributed by atoms with Gasteiger partial charge in [0.05, 0.1) is 5.54 Å². The van der Waals surface area contributed by atoms with Crippen LogP contribution >= 0.6 is 11.6 Å². The van der Waals surface area contributed by atoms with Crippen LogP contribution < -0.4 is 0 Å². The smallest absolute Gasteiger partial charge is 0.410 e. The minimum Gasteiger partial charge on any atom is -0.447 e. The van der Waals surface area contributed by atoms with Gasteiger partial charge in [0, 0.05) is 36.6 Å². The Balaban J connectivity index is 1.33. The van der Waals surface area contributed by atoms with Gasteiger partial charge in [-0.25, -0.2) is 4.79 Å². The lowest BCUT2D eigenvalue weighted by atomic mass is 9.63. The third-order valence-electron chi connectivity index (χ3n) is 10.7. The van der Waals surface area contributed by atoms with E-state index >= 15 is 0 Å². The van der Waals surface area contributed by atoms with Gasteiger partial charge in [0.2, 0.25) is 5.91 Å². The molecule has 1 aromatic carbocycles. The maximum Gasteiger partial charge on any atom is 0.410 e. The van der Waals surface area contributed by atoms with Crippen LogP contribution in [0, 0.1) is 17.3 Å². The van der Waals surface area contributed by atoms with Crippen LogP contribution in [0.1, 0.15) is 89.5 Å². The van der Waals surface area contributed by atoms with E-state index in [0.29, 0.717) is 24.5 Å². The molecule has 2 unspecified atom stereocenters. The lowest BCUT2D eigenvalue weighted by Crippen LogP contribution is -2.56. The van der Waals surface area contributed by atoms with E-state index in [-0.39, 0.29) is 28.9 Å². The lowest BCUT2D eigenvalue weighted by molar-refractivity contribution is -0.141. The third kappa shape index (κ3) is 5.98. The summed E-state index contributed by atoms with van der Waals surface area (Å²) in [4.78, 5) is 33.4. The zero-order valence-corrected chi connectivity index (χ0v) is 25.2. The van der Waals surface area contributed by atoms with Crippen molar-refractivity contribution in [3.8, 4) is 0 Å². The molecule has 2 aliphatic carbocycles. The SMILES string of the molecule is CN(C)[C@H]1CCC(C(=O)N2CCC(CN3C(=O)OCC3(C)C)(C3CCCCC3)CC2)C(c2ccc(Cl)cc2)C1. The highest BCUT2D eigenvalue weighted by atomic mass is 35.5. The van der Waals surface area contributed by atoms with Gasteiger partial charge >= 0.3 is 6.09 Å². The first-order valence-corrected chi connectivity index (χ1v) is 15.6. The fourth-order valence-electron chi connectivity index (χ4n) is 8.04. The van der Waals surface area contributed by atoms with Gasteiger partial charge in [0.25, 0.3) is 0 Å². The Morgan fingerprint density at radius 2 is 1.69 bits per heavy atom. The molecule has 2 heterocycles. The summed E-state index contributed by atoms with van der Waals surface area (Å²) in [6, 6.07) is 8.64. The first-order valence-electron chi connectivity index (χ1n) is 15.2. The van der Waals surface area contributed by atoms with Gasteiger partial charge < -0.3 is 14.5 Å². The second-order valence-corrected chi connectivity index (χ2v) is 14.1. The molecular formula is C32H48ClN3O3. The van der Waals surface area contributed by atoms with Crippen LogP contribution in [-0.2, 0) is 9.53 Å². The Morgan fingerprint density at radius 1 is 1.03 bits per heavy atom. The molecule has 4 fully saturated rings. The number of benzene rings is 1. The molecular weight excluding hydrogens is 510 g/mol. The lowest BCUT2D eigenvalue weighted by Gasteiger charge is -2.51. The quantitative estimate of drug-likeness (QED) is 0.397. The van der Waals surface area contributed by atoms with Crippen molar-refractivity contribution in [1.29, 1.82) is 0 Å². The van der Waals surface area contributed by atoms with Gasteiger partial charge in [-0.05, 0) is 108 Å². The predicted molar refractivity (Wildman–Crippen MR) is 156 cm³/mol. The summed E-state index contributed by atoms with van der Waals surface area (Å²) >= 11 is 6.21. The van der Waals surface area contributed by atoms with Gasteiger partial charge in [0.15, 0.2) is 0 Å². The molecule has 2 saturated carbocycles. The molecule has 0 radical (unpaired) electrons. The number of ether oxygens (including phenoxy) is 1. The van der Waals surface area contributed by atoms with Crippen LogP contribution in [0.15, 0.2) is 24.3 Å². The van der Waals surface area contributed by atoms with Gasteiger partial charge in [-0.1, -0.05) is 43.0 Å². The van der Waals surface area contributed by atoms with Crippen molar-refractivity contribution in [3.63, 3.8) is 0 Å². The first kappa shape index (κ1) is 28.7. The molecule has 2 amide bonds. The van der Waals surface area contributed by atoms with Crippen molar-refractivity contribution < 1.29 is 14.3 Å². The van der Waals surface area contributed by atoms with E-state index < -0.39 is 0 Å². The number of hydrogen-bond acceptors (Lipinski definition) is 4. The van der Waals surface area contributed by atoms with E-state index in [1.807, 2.05) is 17.0 Å². The summed E-state index contributed by atoms with van der Waals surface area (Å²) in [7, 11) is 4.30. The summed E-state index contributed by atoms with van der Waals surface area (Å²) in [5.41, 5.74) is 1.02. The number of piperidine rings is 1. The second kappa shape index (κ2) is 11.6. The summed E-state index contributed by atoms with van der Waals surface area (Å²) in [6.07, 6.45) is 11.1. The Bertz CT molecular complexity index is 1010. The standard InChI is InChI=1S/C32H48ClN3O3/c1-31(2)22-39-30(38)36(31)21-32(24-8-6-5-7-9-24)16-18-35(19-17-32)29(37)27-15-14-26(34(3)4)20-28(27)23-10-12-25(33)13-11-23/h10-13,24,26-28H,5-9,14-22H2,1-4H3/t26-,27?,28?/m0/s1. The topological polar surface area (TPSA) is 53.1 Å². The Hall–Kier alpha value is -1.79. The van der Waals surface area contributed by atoms with E-state index in [2.05, 4.69) is 49.9 Å². The molecule has 39 heavy (non-hydrogen) atoms. The predicted octanol–water partition coefficient (Wildman–Crippen LogP) is 6.57. The minimum absolute atomic E-state index is 0.0112. The van der Waals surface area contributed by atoms with Crippen LogP contribution in [0.5, 0.6) is 0 Å². The van der Waals surface area contributed by atoms with E-state index in [0.717, 1.165) is 56.8 Å². The summed E-state index contributed by atoms with van der Waals surface area (Å²) < 4.78 is 5.49. The van der Waals surface area contributed by atoms with Crippen molar-refractivity contribution >= 4 is 23.6 Å². The van der Waals surface area contributed by atoms with Crippen molar-refractivity contribution in [3.05, 3.63) is 34.9 Å². The fourth-order valence-corrected chi connectivity index (χ4v) is 8.17. The van der Waals surface area contributed by atoms with Crippen LogP contribution in [-0.4, -0.2) is 78.6 Å². The van der Waals surface area contributed by atoms with Gasteiger partial charge in [-0.3, -0.25) is 9.69 Å². The maximum atomic E-state index is 14.2. The molecule has 0 aromatic heterocycles. The molecule has 0 spiro atoms.